The van der Waals surface area contributed by atoms with Crippen molar-refractivity contribution < 1.29 is 9.53 Å². The Kier molecular flexibility index (Phi) is 7.65. The molecule has 3 aromatic carbocycles. The maximum atomic E-state index is 13.2. The van der Waals surface area contributed by atoms with Crippen molar-refractivity contribution in [1.29, 1.82) is 0 Å². The van der Waals surface area contributed by atoms with Crippen LogP contribution in [0, 0.1) is 0 Å². The summed E-state index contributed by atoms with van der Waals surface area (Å²) in [6.07, 6.45) is 1.78. The van der Waals surface area contributed by atoms with E-state index in [9.17, 15) is 4.79 Å². The molecule has 1 aliphatic rings. The Bertz CT molecular complexity index is 1270. The van der Waals surface area contributed by atoms with Crippen molar-refractivity contribution in [3.63, 3.8) is 0 Å². The first-order valence-electron chi connectivity index (χ1n) is 9.22. The summed E-state index contributed by atoms with van der Waals surface area (Å²) in [4.78, 5) is 15.1. The average molecular weight is 630 g/mol. The first-order chi connectivity index (χ1) is 15.3. The quantitative estimate of drug-likeness (QED) is 0.209. The molecular weight excluding hydrogens is 617 g/mol. The molecule has 0 atom stereocenters. The molecule has 0 unspecified atom stereocenters. The van der Waals surface area contributed by atoms with Gasteiger partial charge in [-0.1, -0.05) is 81.3 Å². The van der Waals surface area contributed by atoms with Gasteiger partial charge in [-0.05, 0) is 64.5 Å². The Hall–Kier alpha value is -1.35. The van der Waals surface area contributed by atoms with E-state index >= 15 is 0 Å². The zero-order valence-corrected chi connectivity index (χ0v) is 22.5. The monoisotopic (exact) mass is 627 g/mol. The summed E-state index contributed by atoms with van der Waals surface area (Å²) in [6.45, 7) is 0.306. The fraction of sp³-hybridized carbons (Fsp3) is 0.0435. The van der Waals surface area contributed by atoms with Crippen molar-refractivity contribution >= 4 is 101 Å². The van der Waals surface area contributed by atoms with Crippen LogP contribution in [0.2, 0.25) is 10.0 Å². The third kappa shape index (κ3) is 5.24. The van der Waals surface area contributed by atoms with Crippen LogP contribution in [-0.4, -0.2) is 10.2 Å². The molecule has 0 bridgehead atoms. The standard InChI is InChI=1S/C23H13Br2Cl2NO2S2/c24-15-5-8-20(30-12-13-3-1-2-4-18(13)26)14(9-15)10-21-22(29)28(23(31)32-21)16-6-7-17(25)19(27)11-16/h1-11H,12H2/b21-10+. The zero-order valence-electron chi connectivity index (χ0n) is 16.2. The lowest BCUT2D eigenvalue weighted by Crippen LogP contribution is -2.27. The van der Waals surface area contributed by atoms with E-state index in [-0.39, 0.29) is 5.91 Å². The highest BCUT2D eigenvalue weighted by Gasteiger charge is 2.33. The van der Waals surface area contributed by atoms with Crippen LogP contribution in [-0.2, 0) is 11.4 Å². The van der Waals surface area contributed by atoms with Gasteiger partial charge in [-0.2, -0.15) is 0 Å². The Labute approximate surface area is 222 Å². The van der Waals surface area contributed by atoms with Crippen molar-refractivity contribution in [3.8, 4) is 5.75 Å². The van der Waals surface area contributed by atoms with Crippen LogP contribution in [0.3, 0.4) is 0 Å². The molecule has 0 saturated carbocycles. The third-order valence-corrected chi connectivity index (χ3v) is 7.95. The third-order valence-electron chi connectivity index (χ3n) is 4.55. The highest BCUT2D eigenvalue weighted by molar-refractivity contribution is 9.10. The molecule has 162 valence electrons. The van der Waals surface area contributed by atoms with Crippen LogP contribution in [0.15, 0.2) is 74.5 Å². The molecule has 0 radical (unpaired) electrons. The van der Waals surface area contributed by atoms with Gasteiger partial charge < -0.3 is 4.74 Å². The molecule has 4 rings (SSSR count). The number of carbonyl (C=O) groups excluding carboxylic acids is 1. The van der Waals surface area contributed by atoms with E-state index in [1.165, 1.54) is 16.7 Å². The molecule has 1 aliphatic heterocycles. The Morgan fingerprint density at radius 2 is 1.81 bits per heavy atom. The number of anilines is 1. The SMILES string of the molecule is O=C1/C(=C\c2cc(Br)ccc2OCc2ccccc2Cl)SC(=S)N1c1ccc(Br)c(Cl)c1. The summed E-state index contributed by atoms with van der Waals surface area (Å²) in [6, 6.07) is 18.4. The van der Waals surface area contributed by atoms with E-state index in [1.54, 1.807) is 24.3 Å². The second-order valence-electron chi connectivity index (χ2n) is 6.68. The van der Waals surface area contributed by atoms with Crippen molar-refractivity contribution in [1.82, 2.24) is 0 Å². The van der Waals surface area contributed by atoms with Crippen LogP contribution < -0.4 is 9.64 Å². The smallest absolute Gasteiger partial charge is 0.270 e. The molecule has 1 heterocycles. The van der Waals surface area contributed by atoms with Gasteiger partial charge in [0, 0.05) is 25.1 Å². The van der Waals surface area contributed by atoms with Crippen LogP contribution in [0.25, 0.3) is 6.08 Å². The summed E-state index contributed by atoms with van der Waals surface area (Å²) < 4.78 is 8.08. The number of thiocarbonyl (C=S) groups is 1. The van der Waals surface area contributed by atoms with Crippen molar-refractivity contribution in [2.75, 3.05) is 4.90 Å². The topological polar surface area (TPSA) is 29.5 Å². The fourth-order valence-electron chi connectivity index (χ4n) is 2.99. The van der Waals surface area contributed by atoms with Crippen molar-refractivity contribution in [3.05, 3.63) is 95.7 Å². The normalized spacial score (nSPS) is 15.0. The van der Waals surface area contributed by atoms with E-state index < -0.39 is 0 Å². The van der Waals surface area contributed by atoms with E-state index in [4.69, 9.17) is 40.2 Å². The summed E-state index contributed by atoms with van der Waals surface area (Å²) in [5.41, 5.74) is 2.25. The number of hydrogen-bond acceptors (Lipinski definition) is 4. The molecule has 0 aromatic heterocycles. The summed E-state index contributed by atoms with van der Waals surface area (Å²) in [5, 5.41) is 1.14. The number of hydrogen-bond donors (Lipinski definition) is 0. The molecule has 1 amide bonds. The molecule has 3 aromatic rings. The van der Waals surface area contributed by atoms with Gasteiger partial charge in [-0.3, -0.25) is 9.69 Å². The molecule has 0 aliphatic carbocycles. The Morgan fingerprint density at radius 1 is 1.03 bits per heavy atom. The minimum atomic E-state index is -0.213. The number of ether oxygens (including phenoxy) is 1. The number of nitrogens with zero attached hydrogens (tertiary/aromatic N) is 1. The lowest BCUT2D eigenvalue weighted by molar-refractivity contribution is -0.113. The molecule has 9 heteroatoms. The van der Waals surface area contributed by atoms with Gasteiger partial charge in [0.05, 0.1) is 15.6 Å². The largest absolute Gasteiger partial charge is 0.488 e. The Balaban J connectivity index is 1.62. The Morgan fingerprint density at radius 3 is 2.56 bits per heavy atom. The average Bonchev–Trinajstić information content (AvgIpc) is 3.03. The van der Waals surface area contributed by atoms with Crippen LogP contribution >= 0.6 is 79.0 Å². The number of halogens is 4. The second-order valence-corrected chi connectivity index (χ2v) is 10.9. The summed E-state index contributed by atoms with van der Waals surface area (Å²) >= 11 is 26.0. The van der Waals surface area contributed by atoms with E-state index in [0.717, 1.165) is 20.1 Å². The zero-order chi connectivity index (χ0) is 22.8. The lowest BCUT2D eigenvalue weighted by Gasteiger charge is -2.15. The lowest BCUT2D eigenvalue weighted by atomic mass is 10.1. The highest BCUT2D eigenvalue weighted by Crippen LogP contribution is 2.39. The van der Waals surface area contributed by atoms with Gasteiger partial charge in [-0.15, -0.1) is 0 Å². The minimum absolute atomic E-state index is 0.213. The van der Waals surface area contributed by atoms with Gasteiger partial charge in [0.2, 0.25) is 0 Å². The first kappa shape index (κ1) is 23.8. The van der Waals surface area contributed by atoms with Gasteiger partial charge in [0.25, 0.3) is 5.91 Å². The predicted molar refractivity (Wildman–Crippen MR) is 145 cm³/mol. The molecule has 1 saturated heterocycles. The maximum absolute atomic E-state index is 13.2. The molecule has 32 heavy (non-hydrogen) atoms. The number of benzene rings is 3. The molecule has 0 N–H and O–H groups in total. The highest BCUT2D eigenvalue weighted by atomic mass is 79.9. The van der Waals surface area contributed by atoms with Crippen LogP contribution in [0.1, 0.15) is 11.1 Å². The number of rotatable bonds is 5. The van der Waals surface area contributed by atoms with Crippen LogP contribution in [0.4, 0.5) is 5.69 Å². The van der Waals surface area contributed by atoms with Crippen molar-refractivity contribution in [2.24, 2.45) is 0 Å². The molecule has 0 spiro atoms. The van der Waals surface area contributed by atoms with E-state index in [2.05, 4.69) is 31.9 Å². The fourth-order valence-corrected chi connectivity index (χ4v) is 5.27. The summed E-state index contributed by atoms with van der Waals surface area (Å²) in [5.74, 6) is 0.417. The number of thioether (sulfide) groups is 1. The van der Waals surface area contributed by atoms with Crippen molar-refractivity contribution in [2.45, 2.75) is 6.61 Å². The van der Waals surface area contributed by atoms with Gasteiger partial charge >= 0.3 is 0 Å². The molecular formula is C23H13Br2Cl2NO2S2. The predicted octanol–water partition coefficient (Wildman–Crippen LogP) is 8.50. The minimum Gasteiger partial charge on any atom is -0.488 e. The van der Waals surface area contributed by atoms with Gasteiger partial charge in [0.1, 0.15) is 12.4 Å². The first-order valence-corrected chi connectivity index (χ1v) is 12.8. The van der Waals surface area contributed by atoms with Crippen LogP contribution in [0.5, 0.6) is 5.75 Å². The van der Waals surface area contributed by atoms with Gasteiger partial charge in [0.15, 0.2) is 4.32 Å². The summed E-state index contributed by atoms with van der Waals surface area (Å²) in [7, 11) is 0. The number of carbonyl (C=O) groups is 1. The maximum Gasteiger partial charge on any atom is 0.270 e. The molecule has 3 nitrogen and oxygen atoms in total. The van der Waals surface area contributed by atoms with E-state index in [0.29, 0.717) is 37.3 Å². The number of amides is 1. The van der Waals surface area contributed by atoms with E-state index in [1.807, 2.05) is 42.5 Å². The van der Waals surface area contributed by atoms with Gasteiger partial charge in [-0.25, -0.2) is 0 Å². The molecule has 1 fully saturated rings. The second kappa shape index (κ2) is 10.3.